The Balaban J connectivity index is 0.000000220. The van der Waals surface area contributed by atoms with Gasteiger partial charge < -0.3 is 19.7 Å². The lowest BCUT2D eigenvalue weighted by molar-refractivity contribution is -0.149. The number of aliphatic hydroxyl groups is 2. The summed E-state index contributed by atoms with van der Waals surface area (Å²) < 4.78 is 9.96. The maximum atomic E-state index is 11.6. The number of aliphatic hydroxyl groups excluding tert-OH is 2. The molecule has 208 valence electrons. The van der Waals surface area contributed by atoms with Crippen LogP contribution in [0, 0.1) is 0 Å². The first-order valence-corrected chi connectivity index (χ1v) is 13.3. The second-order valence-corrected chi connectivity index (χ2v) is 9.49. The Hall–Kier alpha value is -4.26. The van der Waals surface area contributed by atoms with Crippen molar-refractivity contribution >= 4 is 11.9 Å². The zero-order valence-corrected chi connectivity index (χ0v) is 22.9. The van der Waals surface area contributed by atoms with Crippen molar-refractivity contribution in [2.24, 2.45) is 0 Å². The summed E-state index contributed by atoms with van der Waals surface area (Å²) in [5.74, 6) is -0.641. The maximum absolute atomic E-state index is 11.6. The highest BCUT2D eigenvalue weighted by atomic mass is 16.6. The van der Waals surface area contributed by atoms with Gasteiger partial charge in [-0.15, -0.1) is 0 Å². The van der Waals surface area contributed by atoms with Crippen LogP contribution in [0.1, 0.15) is 25.0 Å². The van der Waals surface area contributed by atoms with Crippen molar-refractivity contribution in [2.45, 2.75) is 38.9 Å². The summed E-state index contributed by atoms with van der Waals surface area (Å²) in [7, 11) is 0. The van der Waals surface area contributed by atoms with Gasteiger partial charge in [0.2, 0.25) is 0 Å². The SMILES string of the molecule is CC(CO)OC(=O)Cc1ccc(-c2ccccc2)cc1.CC(O)COC(=O)Cc1ccc(-c2ccccc2)cc1. The summed E-state index contributed by atoms with van der Waals surface area (Å²) in [6.07, 6.45) is -0.633. The molecule has 6 nitrogen and oxygen atoms in total. The normalized spacial score (nSPS) is 11.9. The second-order valence-electron chi connectivity index (χ2n) is 9.49. The molecule has 0 aliphatic rings. The highest BCUT2D eigenvalue weighted by molar-refractivity contribution is 5.74. The number of carbonyl (C=O) groups excluding carboxylic acids is 2. The first kappa shape index (κ1) is 30.3. The summed E-state index contributed by atoms with van der Waals surface area (Å²) in [6.45, 7) is 3.14. The van der Waals surface area contributed by atoms with Crippen LogP contribution in [0.15, 0.2) is 109 Å². The molecule has 0 saturated heterocycles. The van der Waals surface area contributed by atoms with E-state index in [9.17, 15) is 9.59 Å². The third kappa shape index (κ3) is 10.5. The second kappa shape index (κ2) is 16.0. The predicted molar refractivity (Wildman–Crippen MR) is 156 cm³/mol. The van der Waals surface area contributed by atoms with Gasteiger partial charge in [-0.25, -0.2) is 0 Å². The number of hydrogen-bond acceptors (Lipinski definition) is 6. The van der Waals surface area contributed by atoms with E-state index in [2.05, 4.69) is 0 Å². The molecule has 0 bridgehead atoms. The third-order valence-corrected chi connectivity index (χ3v) is 5.89. The minimum absolute atomic E-state index is 0.0426. The zero-order valence-electron chi connectivity index (χ0n) is 22.9. The summed E-state index contributed by atoms with van der Waals surface area (Å²) in [5, 5.41) is 17.9. The predicted octanol–water partition coefficient (Wildman–Crippen LogP) is 5.64. The van der Waals surface area contributed by atoms with Crippen LogP contribution in [-0.4, -0.2) is 47.6 Å². The van der Waals surface area contributed by atoms with Gasteiger partial charge in [0.1, 0.15) is 12.7 Å². The van der Waals surface area contributed by atoms with Gasteiger partial charge >= 0.3 is 11.9 Å². The molecule has 4 rings (SSSR count). The quantitative estimate of drug-likeness (QED) is 0.253. The van der Waals surface area contributed by atoms with E-state index in [-0.39, 0.29) is 38.0 Å². The van der Waals surface area contributed by atoms with E-state index in [0.29, 0.717) is 0 Å². The van der Waals surface area contributed by atoms with E-state index in [1.165, 1.54) is 0 Å². The van der Waals surface area contributed by atoms with Gasteiger partial charge in [0.05, 0.1) is 25.6 Å². The molecule has 4 aromatic rings. The standard InChI is InChI=1S/2C17H18O3/c1-13(18)12-20-17(19)11-14-7-9-16(10-8-14)15-5-3-2-4-6-15;1-13(12-18)20-17(19)11-14-7-9-16(10-8-14)15-5-3-2-4-6-15/h2*2-10,13,18H,11-12H2,1H3. The van der Waals surface area contributed by atoms with E-state index in [0.717, 1.165) is 33.4 Å². The molecule has 2 N–H and O–H groups in total. The molecule has 40 heavy (non-hydrogen) atoms. The monoisotopic (exact) mass is 540 g/mol. The Bertz CT molecular complexity index is 1300. The summed E-state index contributed by atoms with van der Waals surface area (Å²) >= 11 is 0. The largest absolute Gasteiger partial charge is 0.463 e. The van der Waals surface area contributed by atoms with Crippen molar-refractivity contribution < 1.29 is 29.3 Å². The Kier molecular flexibility index (Phi) is 12.1. The smallest absolute Gasteiger partial charge is 0.310 e. The zero-order chi connectivity index (χ0) is 28.7. The molecule has 0 saturated carbocycles. The fourth-order valence-corrected chi connectivity index (χ4v) is 3.79. The summed E-state index contributed by atoms with van der Waals surface area (Å²) in [5.41, 5.74) is 6.34. The number of benzene rings is 4. The molecule has 0 fully saturated rings. The molecule has 0 amide bonds. The summed E-state index contributed by atoms with van der Waals surface area (Å²) in [6, 6.07) is 35.8. The first-order valence-electron chi connectivity index (χ1n) is 13.3. The minimum atomic E-state index is -0.626. The highest BCUT2D eigenvalue weighted by Gasteiger charge is 2.10. The average Bonchev–Trinajstić information content (AvgIpc) is 2.98. The molecule has 0 spiro atoms. The molecule has 2 atom stereocenters. The molecule has 0 aromatic heterocycles. The molecule has 0 aliphatic heterocycles. The lowest BCUT2D eigenvalue weighted by atomic mass is 10.0. The number of hydrogen-bond donors (Lipinski definition) is 2. The van der Waals surface area contributed by atoms with E-state index in [4.69, 9.17) is 19.7 Å². The van der Waals surface area contributed by atoms with Crippen LogP contribution < -0.4 is 0 Å². The van der Waals surface area contributed by atoms with E-state index in [1.54, 1.807) is 13.8 Å². The Morgan fingerprint density at radius 3 is 1.43 bits per heavy atom. The number of esters is 2. The van der Waals surface area contributed by atoms with Gasteiger partial charge in [-0.05, 0) is 47.2 Å². The van der Waals surface area contributed by atoms with Gasteiger partial charge in [-0.2, -0.15) is 0 Å². The van der Waals surface area contributed by atoms with Crippen molar-refractivity contribution in [1.82, 2.24) is 0 Å². The van der Waals surface area contributed by atoms with Crippen LogP contribution in [0.25, 0.3) is 22.3 Å². The van der Waals surface area contributed by atoms with Gasteiger partial charge in [0.25, 0.3) is 0 Å². The van der Waals surface area contributed by atoms with Gasteiger partial charge in [0.15, 0.2) is 0 Å². The van der Waals surface area contributed by atoms with E-state index >= 15 is 0 Å². The molecule has 0 aliphatic carbocycles. The molecular weight excluding hydrogens is 504 g/mol. The van der Waals surface area contributed by atoms with Crippen molar-refractivity contribution in [3.8, 4) is 22.3 Å². The van der Waals surface area contributed by atoms with Gasteiger partial charge in [0, 0.05) is 0 Å². The number of carbonyl (C=O) groups is 2. The molecule has 4 aromatic carbocycles. The van der Waals surface area contributed by atoms with Crippen LogP contribution in [0.2, 0.25) is 0 Å². The molecule has 6 heteroatoms. The minimum Gasteiger partial charge on any atom is -0.463 e. The highest BCUT2D eigenvalue weighted by Crippen LogP contribution is 2.20. The Morgan fingerprint density at radius 1 is 0.625 bits per heavy atom. The average molecular weight is 541 g/mol. The van der Waals surface area contributed by atoms with E-state index < -0.39 is 12.2 Å². The van der Waals surface area contributed by atoms with Crippen molar-refractivity contribution in [3.63, 3.8) is 0 Å². The third-order valence-electron chi connectivity index (χ3n) is 5.89. The van der Waals surface area contributed by atoms with Crippen LogP contribution >= 0.6 is 0 Å². The lowest BCUT2D eigenvalue weighted by Gasteiger charge is -2.10. The molecule has 2 unspecified atom stereocenters. The van der Waals surface area contributed by atoms with Crippen LogP contribution in [0.5, 0.6) is 0 Å². The maximum Gasteiger partial charge on any atom is 0.310 e. The Morgan fingerprint density at radius 2 is 1.02 bits per heavy atom. The topological polar surface area (TPSA) is 93.1 Å². The summed E-state index contributed by atoms with van der Waals surface area (Å²) in [4.78, 5) is 23.1. The van der Waals surface area contributed by atoms with Crippen molar-refractivity contribution in [1.29, 1.82) is 0 Å². The molecule has 0 radical (unpaired) electrons. The van der Waals surface area contributed by atoms with Gasteiger partial charge in [-0.3, -0.25) is 9.59 Å². The van der Waals surface area contributed by atoms with Crippen molar-refractivity contribution in [2.75, 3.05) is 13.2 Å². The van der Waals surface area contributed by atoms with Crippen LogP contribution in [-0.2, 0) is 31.9 Å². The van der Waals surface area contributed by atoms with Crippen LogP contribution in [0.3, 0.4) is 0 Å². The lowest BCUT2D eigenvalue weighted by Crippen LogP contribution is -2.19. The molecule has 0 heterocycles. The Labute approximate surface area is 235 Å². The number of rotatable bonds is 10. The van der Waals surface area contributed by atoms with Crippen LogP contribution in [0.4, 0.5) is 0 Å². The number of ether oxygens (including phenoxy) is 2. The van der Waals surface area contributed by atoms with Crippen molar-refractivity contribution in [3.05, 3.63) is 120 Å². The van der Waals surface area contributed by atoms with Gasteiger partial charge in [-0.1, -0.05) is 109 Å². The fraction of sp³-hybridized carbons (Fsp3) is 0.235. The van der Waals surface area contributed by atoms with E-state index in [1.807, 2.05) is 109 Å². The first-order chi connectivity index (χ1) is 19.3. The molecular formula is C34H36O6. The fourth-order valence-electron chi connectivity index (χ4n) is 3.79.